The second-order valence-electron chi connectivity index (χ2n) is 12.7. The largest absolute Gasteiger partial charge is 0.504 e. The van der Waals surface area contributed by atoms with Crippen LogP contribution in [0.4, 0.5) is 21.5 Å². The molecule has 4 amide bonds. The maximum absolute atomic E-state index is 14.5. The molecule has 11 nitrogen and oxygen atoms in total. The molecule has 0 aromatic heterocycles. The lowest BCUT2D eigenvalue weighted by Crippen LogP contribution is -2.48. The molecule has 2 heterocycles. The Labute approximate surface area is 278 Å². The molecule has 6 atom stereocenters. The van der Waals surface area contributed by atoms with Crippen molar-refractivity contribution in [3.05, 3.63) is 98.8 Å². The summed E-state index contributed by atoms with van der Waals surface area (Å²) >= 11 is 6.06. The number of carbonyl (C=O) groups is 4. The van der Waals surface area contributed by atoms with Crippen LogP contribution in [0.2, 0.25) is 5.02 Å². The Kier molecular flexibility index (Phi) is 7.39. The summed E-state index contributed by atoms with van der Waals surface area (Å²) in [7, 11) is 0. The smallest absolute Gasteiger partial charge is 0.271 e. The highest BCUT2D eigenvalue weighted by atomic mass is 35.5. The Morgan fingerprint density at radius 1 is 1.00 bits per heavy atom. The third kappa shape index (κ3) is 4.45. The summed E-state index contributed by atoms with van der Waals surface area (Å²) < 4.78 is 19.8. The van der Waals surface area contributed by atoms with Crippen LogP contribution in [0.5, 0.6) is 11.5 Å². The van der Waals surface area contributed by atoms with Gasteiger partial charge in [0, 0.05) is 18.1 Å². The molecule has 0 radical (unpaired) electrons. The number of anilines is 2. The number of phenolic OH excluding ortho intramolecular Hbond substituents is 1. The first kappa shape index (κ1) is 31.5. The van der Waals surface area contributed by atoms with E-state index < -0.39 is 69.4 Å². The van der Waals surface area contributed by atoms with Gasteiger partial charge in [-0.15, -0.1) is 0 Å². The number of hydrogen-bond donors (Lipinski definition) is 1. The van der Waals surface area contributed by atoms with Gasteiger partial charge >= 0.3 is 0 Å². The molecule has 48 heavy (non-hydrogen) atoms. The fourth-order valence-corrected chi connectivity index (χ4v) is 8.42. The lowest BCUT2D eigenvalue weighted by Gasteiger charge is -2.49. The molecule has 2 saturated heterocycles. The molecule has 3 fully saturated rings. The molecule has 13 heteroatoms. The number of rotatable bonds is 6. The molecule has 3 aromatic rings. The average Bonchev–Trinajstić information content (AvgIpc) is 3.43. The second-order valence-corrected chi connectivity index (χ2v) is 13.1. The SMILES string of the molecule is CCOc1cc([C@H]2C3=CC[C@@H]4C(=O)N(c5cccc([N+](=O)[O-])c5)C(=O)[C@@H]4[C@@H]3C[C@H]3C(=O)N(c4ccc(F)c(Cl)c4)C(=O)[C@@]23C)ccc1O. The van der Waals surface area contributed by atoms with Crippen LogP contribution < -0.4 is 14.5 Å². The molecule has 1 saturated carbocycles. The molecule has 2 aliphatic heterocycles. The number of imide groups is 2. The van der Waals surface area contributed by atoms with Crippen molar-refractivity contribution in [2.24, 2.45) is 29.1 Å². The van der Waals surface area contributed by atoms with E-state index in [0.717, 1.165) is 15.9 Å². The molecule has 1 N–H and O–H groups in total. The number of non-ortho nitro benzene ring substituents is 1. The fourth-order valence-electron chi connectivity index (χ4n) is 8.25. The number of amides is 4. The van der Waals surface area contributed by atoms with Crippen molar-refractivity contribution >= 4 is 52.3 Å². The summed E-state index contributed by atoms with van der Waals surface area (Å²) in [6.45, 7) is 3.70. The topological polar surface area (TPSA) is 147 Å². The molecule has 0 spiro atoms. The minimum Gasteiger partial charge on any atom is -0.504 e. The number of fused-ring (bicyclic) bond motifs is 4. The van der Waals surface area contributed by atoms with Gasteiger partial charge in [-0.05, 0) is 74.6 Å². The van der Waals surface area contributed by atoms with Crippen LogP contribution in [0.3, 0.4) is 0 Å². The standard InChI is InChI=1S/C35H29ClFN3O8/c1-3-48-28-13-17(7-12-27(28)41)30-21-9-10-22-29(33(44)38(31(22)42)18-5-4-6-20(14-18)40(46)47)23(21)16-24-32(43)39(34(45)35(24,30)2)19-8-11-26(37)25(36)15-19/h4-9,11-15,22-24,29-30,41H,3,10,16H2,1-2H3/t22-,23+,24-,29-,30-,35+/m0/s1. The average molecular weight is 674 g/mol. The maximum Gasteiger partial charge on any atom is 0.271 e. The summed E-state index contributed by atoms with van der Waals surface area (Å²) in [4.78, 5) is 69.8. The van der Waals surface area contributed by atoms with E-state index in [0.29, 0.717) is 11.1 Å². The zero-order valence-corrected chi connectivity index (χ0v) is 26.5. The number of allylic oxidation sites excluding steroid dienone is 2. The predicted octanol–water partition coefficient (Wildman–Crippen LogP) is 5.93. The summed E-state index contributed by atoms with van der Waals surface area (Å²) in [6.07, 6.45) is 2.09. The van der Waals surface area contributed by atoms with Crippen LogP contribution in [-0.4, -0.2) is 40.3 Å². The van der Waals surface area contributed by atoms with Crippen LogP contribution in [0.15, 0.2) is 72.3 Å². The molecule has 3 aromatic carbocycles. The second kappa shape index (κ2) is 11.3. The van der Waals surface area contributed by atoms with Gasteiger partial charge in [-0.25, -0.2) is 14.2 Å². The van der Waals surface area contributed by atoms with Gasteiger partial charge in [-0.3, -0.25) is 29.3 Å². The lowest BCUT2D eigenvalue weighted by molar-refractivity contribution is -0.384. The van der Waals surface area contributed by atoms with Crippen molar-refractivity contribution < 1.29 is 38.3 Å². The first-order valence-electron chi connectivity index (χ1n) is 15.5. The van der Waals surface area contributed by atoms with Gasteiger partial charge in [-0.1, -0.05) is 35.4 Å². The first-order chi connectivity index (χ1) is 22.9. The van der Waals surface area contributed by atoms with Crippen molar-refractivity contribution in [3.8, 4) is 11.5 Å². The van der Waals surface area contributed by atoms with Gasteiger partial charge in [0.1, 0.15) is 5.82 Å². The number of nitro groups is 1. The summed E-state index contributed by atoms with van der Waals surface area (Å²) in [5, 5.41) is 21.7. The third-order valence-electron chi connectivity index (χ3n) is 10.4. The summed E-state index contributed by atoms with van der Waals surface area (Å²) in [5.74, 6) is -6.85. The minimum absolute atomic E-state index is 0.0637. The maximum atomic E-state index is 14.5. The number of benzene rings is 3. The zero-order chi connectivity index (χ0) is 34.2. The number of phenols is 1. The van der Waals surface area contributed by atoms with Crippen LogP contribution in [0.1, 0.15) is 38.2 Å². The van der Waals surface area contributed by atoms with Crippen LogP contribution in [0, 0.1) is 45.0 Å². The van der Waals surface area contributed by atoms with E-state index in [1.54, 1.807) is 26.0 Å². The third-order valence-corrected chi connectivity index (χ3v) is 10.6. The molecule has 4 aliphatic rings. The quantitative estimate of drug-likeness (QED) is 0.147. The van der Waals surface area contributed by atoms with Crippen molar-refractivity contribution in [1.29, 1.82) is 0 Å². The minimum atomic E-state index is -1.39. The van der Waals surface area contributed by atoms with E-state index in [2.05, 4.69) is 0 Å². The highest BCUT2D eigenvalue weighted by molar-refractivity contribution is 6.32. The Balaban J connectivity index is 1.37. The van der Waals surface area contributed by atoms with Gasteiger partial charge < -0.3 is 9.84 Å². The van der Waals surface area contributed by atoms with Crippen LogP contribution >= 0.6 is 11.6 Å². The van der Waals surface area contributed by atoms with Crippen LogP contribution in [-0.2, 0) is 19.2 Å². The van der Waals surface area contributed by atoms with E-state index in [-0.39, 0.29) is 53.0 Å². The monoisotopic (exact) mass is 673 g/mol. The normalized spacial score (nSPS) is 27.8. The summed E-state index contributed by atoms with van der Waals surface area (Å²) in [6, 6.07) is 13.6. The number of aromatic hydroxyl groups is 1. The van der Waals surface area contributed by atoms with E-state index in [1.807, 2.05) is 6.08 Å². The predicted molar refractivity (Wildman–Crippen MR) is 171 cm³/mol. The van der Waals surface area contributed by atoms with E-state index >= 15 is 0 Å². The molecule has 7 rings (SSSR count). The van der Waals surface area contributed by atoms with Gasteiger partial charge in [0.15, 0.2) is 11.5 Å². The van der Waals surface area contributed by atoms with E-state index in [1.165, 1.54) is 42.5 Å². The highest BCUT2D eigenvalue weighted by Crippen LogP contribution is 2.64. The number of ether oxygens (including phenoxy) is 1. The van der Waals surface area contributed by atoms with E-state index in [9.17, 15) is 38.8 Å². The summed E-state index contributed by atoms with van der Waals surface area (Å²) in [5.41, 5.74) is -0.220. The van der Waals surface area contributed by atoms with Gasteiger partial charge in [0.25, 0.3) is 5.69 Å². The van der Waals surface area contributed by atoms with Crippen molar-refractivity contribution in [2.45, 2.75) is 32.6 Å². The number of hydrogen-bond acceptors (Lipinski definition) is 8. The highest BCUT2D eigenvalue weighted by Gasteiger charge is 2.67. The van der Waals surface area contributed by atoms with Gasteiger partial charge in [0.05, 0.1) is 51.1 Å². The Morgan fingerprint density at radius 2 is 1.75 bits per heavy atom. The Bertz CT molecular complexity index is 1980. The van der Waals surface area contributed by atoms with Gasteiger partial charge in [-0.2, -0.15) is 0 Å². The molecular weight excluding hydrogens is 645 g/mol. The van der Waals surface area contributed by atoms with Crippen molar-refractivity contribution in [1.82, 2.24) is 0 Å². The molecule has 0 bridgehead atoms. The van der Waals surface area contributed by atoms with Crippen LogP contribution in [0.25, 0.3) is 0 Å². The van der Waals surface area contributed by atoms with E-state index in [4.69, 9.17) is 16.3 Å². The van der Waals surface area contributed by atoms with Crippen molar-refractivity contribution in [2.75, 3.05) is 16.4 Å². The Hall–Kier alpha value is -5.10. The number of nitrogens with zero attached hydrogens (tertiary/aromatic N) is 3. The fraction of sp³-hybridized carbons (Fsp3) is 0.314. The molecule has 0 unspecified atom stereocenters. The number of carbonyl (C=O) groups excluding carboxylic acids is 4. The molecular formula is C35H29ClFN3O8. The molecule has 246 valence electrons. The Morgan fingerprint density at radius 3 is 2.46 bits per heavy atom. The lowest BCUT2D eigenvalue weighted by atomic mass is 9.51. The van der Waals surface area contributed by atoms with Gasteiger partial charge in [0.2, 0.25) is 23.6 Å². The molecule has 2 aliphatic carbocycles. The number of halogens is 2. The number of nitro benzene ring substituents is 1. The van der Waals surface area contributed by atoms with Crippen molar-refractivity contribution in [3.63, 3.8) is 0 Å². The first-order valence-corrected chi connectivity index (χ1v) is 15.9. The zero-order valence-electron chi connectivity index (χ0n) is 25.8.